The number of pyridine rings is 1. The zero-order valence-electron chi connectivity index (χ0n) is 6.91. The molecule has 12 heavy (non-hydrogen) atoms. The normalized spacial score (nSPS) is 10.1. The summed E-state index contributed by atoms with van der Waals surface area (Å²) >= 11 is 0. The Labute approximate surface area is 71.7 Å². The molecule has 1 rings (SSSR count). The SMILES string of the molecule is CC(=N)/C=C\Nc1cccnc1. The van der Waals surface area contributed by atoms with Crippen LogP contribution in [-0.2, 0) is 0 Å². The summed E-state index contributed by atoms with van der Waals surface area (Å²) < 4.78 is 0. The molecule has 1 heterocycles. The molecule has 0 unspecified atom stereocenters. The van der Waals surface area contributed by atoms with E-state index < -0.39 is 0 Å². The molecule has 3 nitrogen and oxygen atoms in total. The smallest absolute Gasteiger partial charge is 0.0566 e. The first kappa shape index (κ1) is 8.46. The third-order valence-electron chi connectivity index (χ3n) is 1.24. The van der Waals surface area contributed by atoms with Gasteiger partial charge in [0.25, 0.3) is 0 Å². The molecule has 62 valence electrons. The fourth-order valence-electron chi connectivity index (χ4n) is 0.711. The second-order valence-corrected chi connectivity index (χ2v) is 2.40. The van der Waals surface area contributed by atoms with Gasteiger partial charge >= 0.3 is 0 Å². The van der Waals surface area contributed by atoms with Crippen LogP contribution in [-0.4, -0.2) is 10.7 Å². The fourth-order valence-corrected chi connectivity index (χ4v) is 0.711. The Bertz CT molecular complexity index is 277. The zero-order chi connectivity index (χ0) is 8.81. The van der Waals surface area contributed by atoms with Gasteiger partial charge < -0.3 is 10.7 Å². The molecule has 0 radical (unpaired) electrons. The lowest BCUT2D eigenvalue weighted by atomic mass is 10.4. The summed E-state index contributed by atoms with van der Waals surface area (Å²) in [5, 5.41) is 10.1. The summed E-state index contributed by atoms with van der Waals surface area (Å²) in [5.74, 6) is 0. The van der Waals surface area contributed by atoms with Gasteiger partial charge in [-0.1, -0.05) is 0 Å². The van der Waals surface area contributed by atoms with E-state index >= 15 is 0 Å². The maximum Gasteiger partial charge on any atom is 0.0566 e. The summed E-state index contributed by atoms with van der Waals surface area (Å²) in [6, 6.07) is 3.77. The van der Waals surface area contributed by atoms with Gasteiger partial charge in [-0.2, -0.15) is 0 Å². The van der Waals surface area contributed by atoms with Crippen molar-refractivity contribution in [3.05, 3.63) is 36.8 Å². The van der Waals surface area contributed by atoms with E-state index in [1.807, 2.05) is 12.1 Å². The number of nitrogens with one attached hydrogen (secondary N) is 2. The molecule has 1 aromatic heterocycles. The third-order valence-corrected chi connectivity index (χ3v) is 1.24. The Hall–Kier alpha value is -1.64. The van der Waals surface area contributed by atoms with Crippen molar-refractivity contribution in [3.8, 4) is 0 Å². The number of hydrogen-bond donors (Lipinski definition) is 2. The minimum Gasteiger partial charge on any atom is -0.360 e. The molecule has 0 atom stereocenters. The van der Waals surface area contributed by atoms with Gasteiger partial charge in [-0.15, -0.1) is 0 Å². The summed E-state index contributed by atoms with van der Waals surface area (Å²) in [6.45, 7) is 1.72. The number of nitrogens with zero attached hydrogens (tertiary/aromatic N) is 1. The van der Waals surface area contributed by atoms with Crippen LogP contribution < -0.4 is 5.32 Å². The highest BCUT2D eigenvalue weighted by Crippen LogP contribution is 2.01. The molecule has 0 saturated heterocycles. The third kappa shape index (κ3) is 2.96. The lowest BCUT2D eigenvalue weighted by molar-refractivity contribution is 1.32. The summed E-state index contributed by atoms with van der Waals surface area (Å²) in [4.78, 5) is 3.93. The van der Waals surface area contributed by atoms with Crippen molar-refractivity contribution in [2.45, 2.75) is 6.92 Å². The summed E-state index contributed by atoms with van der Waals surface area (Å²) in [6.07, 6.45) is 6.85. The van der Waals surface area contributed by atoms with Crippen molar-refractivity contribution in [3.63, 3.8) is 0 Å². The lowest BCUT2D eigenvalue weighted by Crippen LogP contribution is -1.89. The van der Waals surface area contributed by atoms with Gasteiger partial charge in [0.2, 0.25) is 0 Å². The van der Waals surface area contributed by atoms with Crippen LogP contribution in [0.25, 0.3) is 0 Å². The van der Waals surface area contributed by atoms with E-state index in [2.05, 4.69) is 10.3 Å². The van der Waals surface area contributed by atoms with Gasteiger partial charge in [-0.3, -0.25) is 4.98 Å². The van der Waals surface area contributed by atoms with Gasteiger partial charge in [-0.05, 0) is 25.1 Å². The Balaban J connectivity index is 2.49. The van der Waals surface area contributed by atoms with Gasteiger partial charge in [0, 0.05) is 18.1 Å². The van der Waals surface area contributed by atoms with Crippen molar-refractivity contribution >= 4 is 11.4 Å². The molecule has 0 bridgehead atoms. The molecule has 0 saturated carbocycles. The summed E-state index contributed by atoms with van der Waals surface area (Å²) in [7, 11) is 0. The highest BCUT2D eigenvalue weighted by atomic mass is 14.9. The second-order valence-electron chi connectivity index (χ2n) is 2.40. The van der Waals surface area contributed by atoms with E-state index in [1.54, 1.807) is 31.6 Å². The van der Waals surface area contributed by atoms with Gasteiger partial charge in [0.1, 0.15) is 0 Å². The largest absolute Gasteiger partial charge is 0.360 e. The summed E-state index contributed by atoms with van der Waals surface area (Å²) in [5.41, 5.74) is 1.45. The number of hydrogen-bond acceptors (Lipinski definition) is 3. The fraction of sp³-hybridized carbons (Fsp3) is 0.111. The van der Waals surface area contributed by atoms with Crippen molar-refractivity contribution in [2.75, 3.05) is 5.32 Å². The Kier molecular flexibility index (Phi) is 3.02. The van der Waals surface area contributed by atoms with E-state index in [9.17, 15) is 0 Å². The molecule has 0 spiro atoms. The Morgan fingerprint density at radius 3 is 3.08 bits per heavy atom. The van der Waals surface area contributed by atoms with E-state index in [4.69, 9.17) is 5.41 Å². The van der Waals surface area contributed by atoms with Crippen molar-refractivity contribution in [1.29, 1.82) is 5.41 Å². The zero-order valence-corrected chi connectivity index (χ0v) is 6.91. The minimum absolute atomic E-state index is 0.520. The topological polar surface area (TPSA) is 48.8 Å². The molecule has 0 aliphatic rings. The van der Waals surface area contributed by atoms with E-state index in [-0.39, 0.29) is 0 Å². The first-order chi connectivity index (χ1) is 5.79. The van der Waals surface area contributed by atoms with Crippen LogP contribution in [0.15, 0.2) is 36.8 Å². The first-order valence-electron chi connectivity index (χ1n) is 3.67. The van der Waals surface area contributed by atoms with Crippen molar-refractivity contribution < 1.29 is 0 Å². The van der Waals surface area contributed by atoms with Gasteiger partial charge in [0.05, 0.1) is 11.9 Å². The molecule has 0 fully saturated rings. The van der Waals surface area contributed by atoms with Crippen molar-refractivity contribution in [1.82, 2.24) is 4.98 Å². The first-order valence-corrected chi connectivity index (χ1v) is 3.67. The van der Waals surface area contributed by atoms with Gasteiger partial charge in [-0.25, -0.2) is 0 Å². The second kappa shape index (κ2) is 4.28. The Morgan fingerprint density at radius 1 is 1.67 bits per heavy atom. The standard InChI is InChI=1S/C9H11N3/c1-8(10)4-6-12-9-3-2-5-11-7-9/h2-7,10,12H,1H3/b6-4-,10-8?. The lowest BCUT2D eigenvalue weighted by Gasteiger charge is -1.96. The number of aromatic nitrogens is 1. The minimum atomic E-state index is 0.520. The predicted octanol–water partition coefficient (Wildman–Crippen LogP) is 2.05. The predicted molar refractivity (Wildman–Crippen MR) is 50.4 cm³/mol. The Morgan fingerprint density at radius 2 is 2.50 bits per heavy atom. The maximum atomic E-state index is 7.12. The number of allylic oxidation sites excluding steroid dienone is 1. The van der Waals surface area contributed by atoms with E-state index in [1.165, 1.54) is 0 Å². The highest BCUT2D eigenvalue weighted by Gasteiger charge is 1.83. The van der Waals surface area contributed by atoms with Crippen LogP contribution >= 0.6 is 0 Å². The monoisotopic (exact) mass is 161 g/mol. The van der Waals surface area contributed by atoms with E-state index in [0.717, 1.165) is 5.69 Å². The quantitative estimate of drug-likeness (QED) is 0.666. The van der Waals surface area contributed by atoms with Crippen molar-refractivity contribution in [2.24, 2.45) is 0 Å². The van der Waals surface area contributed by atoms with Gasteiger partial charge in [0.15, 0.2) is 0 Å². The number of anilines is 1. The molecule has 0 aliphatic carbocycles. The van der Waals surface area contributed by atoms with Crippen LogP contribution in [0.4, 0.5) is 5.69 Å². The molecule has 0 amide bonds. The molecule has 0 aromatic carbocycles. The van der Waals surface area contributed by atoms with Crippen LogP contribution in [0.3, 0.4) is 0 Å². The maximum absolute atomic E-state index is 7.12. The van der Waals surface area contributed by atoms with Crippen LogP contribution in [0.1, 0.15) is 6.92 Å². The molecular weight excluding hydrogens is 150 g/mol. The molecule has 0 aliphatic heterocycles. The average Bonchev–Trinajstić information content (AvgIpc) is 2.05. The van der Waals surface area contributed by atoms with Crippen LogP contribution in [0.2, 0.25) is 0 Å². The average molecular weight is 161 g/mol. The van der Waals surface area contributed by atoms with E-state index in [0.29, 0.717) is 5.71 Å². The molecular formula is C9H11N3. The molecule has 2 N–H and O–H groups in total. The molecule has 1 aromatic rings. The van der Waals surface area contributed by atoms with Crippen LogP contribution in [0, 0.1) is 5.41 Å². The van der Waals surface area contributed by atoms with Crippen LogP contribution in [0.5, 0.6) is 0 Å². The number of rotatable bonds is 3. The highest BCUT2D eigenvalue weighted by molar-refractivity contribution is 5.90. The molecule has 3 heteroatoms.